The van der Waals surface area contributed by atoms with Gasteiger partial charge in [-0.05, 0) is 39.3 Å². The molecular weight excluding hydrogens is 240 g/mol. The number of likely N-dealkylation sites (tertiary alicyclic amines) is 1. The number of esters is 1. The highest BCUT2D eigenvalue weighted by atomic mass is 16.5. The number of hydrogen-bond donors (Lipinski definition) is 1. The average Bonchev–Trinajstić information content (AvgIpc) is 2.43. The van der Waals surface area contributed by atoms with E-state index in [9.17, 15) is 4.79 Å². The van der Waals surface area contributed by atoms with Gasteiger partial charge >= 0.3 is 5.97 Å². The molecule has 4 nitrogen and oxygen atoms in total. The lowest BCUT2D eigenvalue weighted by atomic mass is 10.1. The summed E-state index contributed by atoms with van der Waals surface area (Å²) in [4.78, 5) is 14.2. The van der Waals surface area contributed by atoms with Crippen molar-refractivity contribution in [1.29, 1.82) is 0 Å². The van der Waals surface area contributed by atoms with Gasteiger partial charge < -0.3 is 15.0 Å². The van der Waals surface area contributed by atoms with Gasteiger partial charge in [0.25, 0.3) is 0 Å². The van der Waals surface area contributed by atoms with Crippen LogP contribution in [0, 0.1) is 0 Å². The number of ether oxygens (including phenoxy) is 1. The Morgan fingerprint density at radius 2 is 2.00 bits per heavy atom. The summed E-state index contributed by atoms with van der Waals surface area (Å²) in [6.07, 6.45) is 7.01. The predicted molar refractivity (Wildman–Crippen MR) is 78.2 cm³/mol. The normalized spacial score (nSPS) is 19.9. The molecule has 112 valence electrons. The zero-order chi connectivity index (χ0) is 14.1. The quantitative estimate of drug-likeness (QED) is 0.686. The number of nitrogens with one attached hydrogen (secondary N) is 1. The van der Waals surface area contributed by atoms with E-state index in [-0.39, 0.29) is 12.0 Å². The van der Waals surface area contributed by atoms with Crippen LogP contribution in [0.2, 0.25) is 0 Å². The van der Waals surface area contributed by atoms with E-state index in [2.05, 4.69) is 24.1 Å². The van der Waals surface area contributed by atoms with Crippen LogP contribution in [0.15, 0.2) is 0 Å². The summed E-state index contributed by atoms with van der Waals surface area (Å²) >= 11 is 0. The molecule has 0 spiro atoms. The lowest BCUT2D eigenvalue weighted by Crippen LogP contribution is -2.48. The number of methoxy groups -OCH3 is 1. The number of hydrogen-bond acceptors (Lipinski definition) is 4. The number of unbranched alkanes of at least 4 members (excludes halogenated alkanes) is 1. The van der Waals surface area contributed by atoms with Crippen LogP contribution in [-0.2, 0) is 9.53 Å². The van der Waals surface area contributed by atoms with Gasteiger partial charge in [-0.3, -0.25) is 4.79 Å². The summed E-state index contributed by atoms with van der Waals surface area (Å²) in [7, 11) is 1.47. The fourth-order valence-corrected chi connectivity index (χ4v) is 2.75. The van der Waals surface area contributed by atoms with Gasteiger partial charge in [-0.15, -0.1) is 0 Å². The molecule has 0 bridgehead atoms. The van der Waals surface area contributed by atoms with Gasteiger partial charge in [0.15, 0.2) is 0 Å². The Bertz CT molecular complexity index is 253. The second-order valence-corrected chi connectivity index (χ2v) is 5.65. The maximum Gasteiger partial charge on any atom is 0.322 e. The van der Waals surface area contributed by atoms with Gasteiger partial charge in [-0.2, -0.15) is 0 Å². The second-order valence-electron chi connectivity index (χ2n) is 5.65. The van der Waals surface area contributed by atoms with Gasteiger partial charge in [0.1, 0.15) is 6.04 Å². The van der Waals surface area contributed by atoms with Crippen molar-refractivity contribution in [2.24, 2.45) is 0 Å². The van der Waals surface area contributed by atoms with E-state index in [1.807, 2.05) is 0 Å². The molecule has 2 atom stereocenters. The van der Waals surface area contributed by atoms with E-state index in [4.69, 9.17) is 4.74 Å². The van der Waals surface area contributed by atoms with Crippen LogP contribution in [0.1, 0.15) is 52.4 Å². The minimum atomic E-state index is -0.148. The fourth-order valence-electron chi connectivity index (χ4n) is 2.75. The van der Waals surface area contributed by atoms with Crippen molar-refractivity contribution < 1.29 is 9.53 Å². The van der Waals surface area contributed by atoms with Gasteiger partial charge in [-0.25, -0.2) is 0 Å². The third kappa shape index (κ3) is 6.39. The van der Waals surface area contributed by atoms with Gasteiger partial charge in [-0.1, -0.05) is 26.2 Å². The first-order chi connectivity index (χ1) is 9.17. The molecular formula is C15H30N2O2. The maximum atomic E-state index is 11.7. The zero-order valence-electron chi connectivity index (χ0n) is 12.8. The molecule has 1 fully saturated rings. The van der Waals surface area contributed by atoms with E-state index in [1.165, 1.54) is 39.5 Å². The Kier molecular flexibility index (Phi) is 8.07. The molecule has 0 aromatic heterocycles. The molecule has 1 saturated heterocycles. The van der Waals surface area contributed by atoms with Gasteiger partial charge in [0.2, 0.25) is 0 Å². The number of nitrogens with zero attached hydrogens (tertiary/aromatic N) is 1. The van der Waals surface area contributed by atoms with Gasteiger partial charge in [0, 0.05) is 12.6 Å². The summed E-state index contributed by atoms with van der Waals surface area (Å²) in [6, 6.07) is 0.184. The van der Waals surface area contributed by atoms with E-state index < -0.39 is 0 Å². The fraction of sp³-hybridized carbons (Fsp3) is 0.933. The molecule has 0 amide bonds. The topological polar surface area (TPSA) is 41.6 Å². The first-order valence-electron chi connectivity index (χ1n) is 7.73. The largest absolute Gasteiger partial charge is 0.468 e. The molecule has 2 unspecified atom stereocenters. The monoisotopic (exact) mass is 270 g/mol. The van der Waals surface area contributed by atoms with Crippen molar-refractivity contribution in [1.82, 2.24) is 10.2 Å². The van der Waals surface area contributed by atoms with Crippen LogP contribution >= 0.6 is 0 Å². The van der Waals surface area contributed by atoms with E-state index in [1.54, 1.807) is 0 Å². The highest BCUT2D eigenvalue weighted by Gasteiger charge is 2.21. The average molecular weight is 270 g/mol. The number of piperidine rings is 1. The maximum absolute atomic E-state index is 11.7. The molecule has 1 N–H and O–H groups in total. The molecule has 1 aliphatic rings. The van der Waals surface area contributed by atoms with E-state index in [0.29, 0.717) is 6.04 Å². The minimum Gasteiger partial charge on any atom is -0.468 e. The van der Waals surface area contributed by atoms with Crippen LogP contribution in [0.3, 0.4) is 0 Å². The third-order valence-corrected chi connectivity index (χ3v) is 3.80. The van der Waals surface area contributed by atoms with E-state index in [0.717, 1.165) is 25.8 Å². The van der Waals surface area contributed by atoms with Crippen LogP contribution in [-0.4, -0.2) is 49.7 Å². The molecule has 1 aliphatic heterocycles. The Morgan fingerprint density at radius 3 is 2.58 bits per heavy atom. The van der Waals surface area contributed by atoms with Crippen molar-refractivity contribution in [2.75, 3.05) is 26.7 Å². The zero-order valence-corrected chi connectivity index (χ0v) is 12.8. The highest BCUT2D eigenvalue weighted by molar-refractivity contribution is 5.75. The second kappa shape index (κ2) is 9.32. The molecule has 1 heterocycles. The molecule has 0 aliphatic carbocycles. The smallest absolute Gasteiger partial charge is 0.322 e. The van der Waals surface area contributed by atoms with Crippen LogP contribution in [0.25, 0.3) is 0 Å². The molecule has 1 rings (SSSR count). The number of carbonyl (C=O) groups excluding carboxylic acids is 1. The minimum absolute atomic E-state index is 0.126. The van der Waals surface area contributed by atoms with Crippen molar-refractivity contribution >= 4 is 5.97 Å². The summed E-state index contributed by atoms with van der Waals surface area (Å²) in [6.45, 7) is 7.73. The van der Waals surface area contributed by atoms with Crippen LogP contribution in [0.4, 0.5) is 0 Å². The predicted octanol–water partition coefficient (Wildman–Crippen LogP) is 2.18. The molecule has 0 saturated carbocycles. The molecule has 4 heteroatoms. The Morgan fingerprint density at radius 1 is 1.32 bits per heavy atom. The standard InChI is InChI=1S/C15H30N2O2/c1-4-5-9-14(15(18)19-3)16-13(2)12-17-10-7-6-8-11-17/h13-14,16H,4-12H2,1-3H3. The summed E-state index contributed by atoms with van der Waals surface area (Å²) < 4.78 is 4.89. The summed E-state index contributed by atoms with van der Waals surface area (Å²) in [5.74, 6) is -0.126. The number of carbonyl (C=O) groups is 1. The van der Waals surface area contributed by atoms with Crippen LogP contribution in [0.5, 0.6) is 0 Å². The first kappa shape index (κ1) is 16.4. The van der Waals surface area contributed by atoms with Crippen LogP contribution < -0.4 is 5.32 Å². The lowest BCUT2D eigenvalue weighted by molar-refractivity contribution is -0.143. The highest BCUT2D eigenvalue weighted by Crippen LogP contribution is 2.10. The SMILES string of the molecule is CCCCC(NC(C)CN1CCCCC1)C(=O)OC. The molecule has 0 aromatic carbocycles. The molecule has 0 aromatic rings. The van der Waals surface area contributed by atoms with Crippen molar-refractivity contribution in [3.05, 3.63) is 0 Å². The third-order valence-electron chi connectivity index (χ3n) is 3.80. The summed E-state index contributed by atoms with van der Waals surface area (Å²) in [5, 5.41) is 3.43. The Balaban J connectivity index is 2.36. The first-order valence-corrected chi connectivity index (χ1v) is 7.73. The lowest BCUT2D eigenvalue weighted by Gasteiger charge is -2.30. The van der Waals surface area contributed by atoms with E-state index >= 15 is 0 Å². The Hall–Kier alpha value is -0.610. The number of rotatable bonds is 8. The molecule has 0 radical (unpaired) electrons. The summed E-state index contributed by atoms with van der Waals surface area (Å²) in [5.41, 5.74) is 0. The van der Waals surface area contributed by atoms with Crippen molar-refractivity contribution in [3.63, 3.8) is 0 Å². The van der Waals surface area contributed by atoms with Gasteiger partial charge in [0.05, 0.1) is 7.11 Å². The van der Waals surface area contributed by atoms with Crippen molar-refractivity contribution in [3.8, 4) is 0 Å². The Labute approximate surface area is 117 Å². The molecule has 19 heavy (non-hydrogen) atoms. The van der Waals surface area contributed by atoms with Crippen molar-refractivity contribution in [2.45, 2.75) is 64.5 Å².